The second-order valence-electron chi connectivity index (χ2n) is 12.1. The second kappa shape index (κ2) is 17.0. The van der Waals surface area contributed by atoms with Crippen LogP contribution in [0, 0.1) is 11.8 Å². The first-order chi connectivity index (χ1) is 22.4. The number of fused-ring (bicyclic) bond motifs is 1. The van der Waals surface area contributed by atoms with E-state index in [1.54, 1.807) is 18.2 Å². The summed E-state index contributed by atoms with van der Waals surface area (Å²) >= 11 is 6.08. The Kier molecular flexibility index (Phi) is 13.6. The van der Waals surface area contributed by atoms with Gasteiger partial charge in [-0.15, -0.1) is 0 Å². The normalized spacial score (nSPS) is 16.7. The first-order valence-electron chi connectivity index (χ1n) is 15.2. The average molecular weight is 717 g/mol. The number of carboxylic acids is 1. The minimum Gasteiger partial charge on any atom is -0.475 e. The highest BCUT2D eigenvalue weighted by atomic mass is 35.5. The fourth-order valence-electron chi connectivity index (χ4n) is 4.79. The van der Waals surface area contributed by atoms with E-state index in [1.165, 1.54) is 6.07 Å². The van der Waals surface area contributed by atoms with Gasteiger partial charge in [0.05, 0.1) is 10.5 Å². The van der Waals surface area contributed by atoms with Gasteiger partial charge in [0.15, 0.2) is 0 Å². The van der Waals surface area contributed by atoms with Gasteiger partial charge in [-0.1, -0.05) is 35.9 Å². The molecule has 0 bridgehead atoms. The molecule has 1 amide bonds. The van der Waals surface area contributed by atoms with Gasteiger partial charge in [0, 0.05) is 31.6 Å². The number of hydrogen-bond donors (Lipinski definition) is 5. The van der Waals surface area contributed by atoms with Crippen LogP contribution in [0.5, 0.6) is 0 Å². The van der Waals surface area contributed by atoms with Crippen LogP contribution >= 0.6 is 11.6 Å². The summed E-state index contributed by atoms with van der Waals surface area (Å²) in [6.45, 7) is 7.47. The maximum atomic E-state index is 12.7. The van der Waals surface area contributed by atoms with Gasteiger partial charge in [-0.2, -0.15) is 18.2 Å². The van der Waals surface area contributed by atoms with Crippen LogP contribution in [-0.2, 0) is 19.6 Å². The van der Waals surface area contributed by atoms with Crippen LogP contribution in [-0.4, -0.2) is 73.5 Å². The molecule has 0 unspecified atom stereocenters. The number of alkyl carbamates (subject to hydrolysis) is 1. The molecule has 1 aromatic heterocycles. The van der Waals surface area contributed by atoms with E-state index in [1.807, 2.05) is 45.0 Å². The lowest BCUT2D eigenvalue weighted by Gasteiger charge is -2.28. The summed E-state index contributed by atoms with van der Waals surface area (Å²) in [6.07, 6.45) is -1.69. The monoisotopic (exact) mass is 716 g/mol. The summed E-state index contributed by atoms with van der Waals surface area (Å²) in [6, 6.07) is 14.3. The van der Waals surface area contributed by atoms with Crippen LogP contribution in [0.25, 0.3) is 10.9 Å². The molecule has 5 N–H and O–H groups in total. The highest BCUT2D eigenvalue weighted by Gasteiger charge is 2.38. The lowest BCUT2D eigenvalue weighted by Crippen LogP contribution is -2.35. The van der Waals surface area contributed by atoms with Crippen molar-refractivity contribution < 1.29 is 41.0 Å². The van der Waals surface area contributed by atoms with Crippen molar-refractivity contribution in [1.29, 1.82) is 0 Å². The Bertz CT molecular complexity index is 1650. The van der Waals surface area contributed by atoms with Crippen molar-refractivity contribution in [2.45, 2.75) is 63.1 Å². The molecule has 1 heterocycles. The Morgan fingerprint density at radius 1 is 0.917 bits per heavy atom. The second-order valence-corrected chi connectivity index (χ2v) is 14.3. The predicted molar refractivity (Wildman–Crippen MR) is 177 cm³/mol. The van der Waals surface area contributed by atoms with Gasteiger partial charge in [-0.3, -0.25) is 0 Å². The van der Waals surface area contributed by atoms with Crippen molar-refractivity contribution >= 4 is 56.4 Å². The molecule has 0 radical (unpaired) electrons. The molecular weight excluding hydrogens is 677 g/mol. The predicted octanol–water partition coefficient (Wildman–Crippen LogP) is 6.05. The highest BCUT2D eigenvalue weighted by molar-refractivity contribution is 7.89. The third-order valence-corrected chi connectivity index (χ3v) is 9.06. The lowest BCUT2D eigenvalue weighted by atomic mass is 9.82. The summed E-state index contributed by atoms with van der Waals surface area (Å²) < 4.78 is 65.1. The molecule has 3 aromatic rings. The summed E-state index contributed by atoms with van der Waals surface area (Å²) in [7, 11) is -3.64. The molecule has 1 aliphatic carbocycles. The molecule has 0 atom stereocenters. The third-order valence-electron chi connectivity index (χ3n) is 7.13. The van der Waals surface area contributed by atoms with Crippen LogP contribution in [0.15, 0.2) is 53.4 Å². The summed E-state index contributed by atoms with van der Waals surface area (Å²) in [5, 5.41) is 17.7. The summed E-state index contributed by atoms with van der Waals surface area (Å²) in [5.41, 5.74) is 0.275. The number of nitrogens with zero attached hydrogens (tertiary/aromatic N) is 2. The zero-order valence-electron chi connectivity index (χ0n) is 26.7. The molecule has 12 nitrogen and oxygen atoms in total. The van der Waals surface area contributed by atoms with Crippen LogP contribution in [0.3, 0.4) is 0 Å². The van der Waals surface area contributed by atoms with Crippen molar-refractivity contribution in [2.24, 2.45) is 11.8 Å². The number of rotatable bonds is 11. The lowest BCUT2D eigenvalue weighted by molar-refractivity contribution is -0.192. The standard InChI is InChI=1S/C29H39ClN6O4S.C2HF3O2/c1-29(2,3)40-28(37)32-17-16-31-26-22-8-4-6-10-24(22)35-27(36-26)33-18-20-12-14-21(15-13-20)19-34-41(38,39)25-11-7-5-9-23(25)30;3-2(4,5)1(6)7/h4-11,20-21,34H,12-19H2,1-3H3,(H,32,37)(H2,31,33,35,36);(H,6,7). The number of hydrogen-bond acceptors (Lipinski definition) is 9. The number of anilines is 2. The van der Waals surface area contributed by atoms with Crippen LogP contribution in [0.1, 0.15) is 46.5 Å². The van der Waals surface area contributed by atoms with Crippen LogP contribution in [0.4, 0.5) is 29.7 Å². The van der Waals surface area contributed by atoms with E-state index < -0.39 is 33.9 Å². The Hall–Kier alpha value is -3.89. The molecule has 2 aromatic carbocycles. The summed E-state index contributed by atoms with van der Waals surface area (Å²) in [5.74, 6) is -0.798. The Labute approximate surface area is 282 Å². The smallest absolute Gasteiger partial charge is 0.475 e. The molecule has 1 saturated carbocycles. The highest BCUT2D eigenvalue weighted by Crippen LogP contribution is 2.30. The molecule has 0 spiro atoms. The number of ether oxygens (including phenoxy) is 1. The number of benzene rings is 2. The molecule has 0 aliphatic heterocycles. The number of amides is 1. The molecule has 4 rings (SSSR count). The van der Waals surface area contributed by atoms with E-state index in [4.69, 9.17) is 31.2 Å². The minimum atomic E-state index is -5.08. The number of para-hydroxylation sites is 1. The van der Waals surface area contributed by atoms with Gasteiger partial charge in [0.1, 0.15) is 16.3 Å². The van der Waals surface area contributed by atoms with Crippen LogP contribution in [0.2, 0.25) is 5.02 Å². The van der Waals surface area contributed by atoms with E-state index in [9.17, 15) is 26.4 Å². The van der Waals surface area contributed by atoms with E-state index >= 15 is 0 Å². The number of carbonyl (C=O) groups is 2. The number of aliphatic carboxylic acids is 1. The van der Waals surface area contributed by atoms with Crippen molar-refractivity contribution in [3.05, 3.63) is 53.6 Å². The molecule has 264 valence electrons. The third kappa shape index (κ3) is 12.6. The fraction of sp³-hybridized carbons (Fsp3) is 0.484. The zero-order chi connectivity index (χ0) is 35.5. The topological polar surface area (TPSA) is 172 Å². The SMILES string of the molecule is CC(C)(C)OC(=O)NCCNc1nc(NCC2CCC(CNS(=O)(=O)c3ccccc3Cl)CC2)nc2ccccc12.O=C(O)C(F)(F)F. The summed E-state index contributed by atoms with van der Waals surface area (Å²) in [4.78, 5) is 30.3. The van der Waals surface area contributed by atoms with Crippen molar-refractivity contribution in [1.82, 2.24) is 20.0 Å². The minimum absolute atomic E-state index is 0.114. The van der Waals surface area contributed by atoms with E-state index in [0.717, 1.165) is 43.1 Å². The Balaban J connectivity index is 0.000000804. The van der Waals surface area contributed by atoms with Gasteiger partial charge in [0.2, 0.25) is 16.0 Å². The molecule has 1 aliphatic rings. The first kappa shape index (κ1) is 38.6. The van der Waals surface area contributed by atoms with Crippen LogP contribution < -0.4 is 20.7 Å². The number of aromatic nitrogens is 2. The van der Waals surface area contributed by atoms with Crippen molar-refractivity contribution in [3.63, 3.8) is 0 Å². The molecule has 1 fully saturated rings. The Morgan fingerprint density at radius 3 is 2.10 bits per heavy atom. The molecule has 17 heteroatoms. The number of nitrogens with one attached hydrogen (secondary N) is 4. The van der Waals surface area contributed by atoms with Gasteiger partial charge in [-0.05, 0) is 82.6 Å². The fourth-order valence-corrected chi connectivity index (χ4v) is 6.43. The van der Waals surface area contributed by atoms with Gasteiger partial charge < -0.3 is 25.8 Å². The molecule has 48 heavy (non-hydrogen) atoms. The maximum Gasteiger partial charge on any atom is 0.490 e. The number of carbonyl (C=O) groups excluding carboxylic acids is 1. The van der Waals surface area contributed by atoms with E-state index in [-0.39, 0.29) is 15.8 Å². The molecule has 0 saturated heterocycles. The van der Waals surface area contributed by atoms with E-state index in [0.29, 0.717) is 37.3 Å². The van der Waals surface area contributed by atoms with Crippen molar-refractivity contribution in [2.75, 3.05) is 36.8 Å². The quantitative estimate of drug-likeness (QED) is 0.147. The van der Waals surface area contributed by atoms with Crippen molar-refractivity contribution in [3.8, 4) is 0 Å². The Morgan fingerprint density at radius 2 is 1.50 bits per heavy atom. The van der Waals surface area contributed by atoms with Gasteiger partial charge >= 0.3 is 18.2 Å². The van der Waals surface area contributed by atoms with E-state index in [2.05, 4.69) is 25.7 Å². The van der Waals surface area contributed by atoms with Gasteiger partial charge in [0.25, 0.3) is 0 Å². The maximum absolute atomic E-state index is 12.7. The number of carboxylic acid groups (broad SMARTS) is 1. The first-order valence-corrected chi connectivity index (χ1v) is 17.1. The average Bonchev–Trinajstić information content (AvgIpc) is 3.00. The molecular formula is C31H40ClF3N6O6S. The number of halogens is 4. The number of sulfonamides is 1. The van der Waals surface area contributed by atoms with Gasteiger partial charge in [-0.25, -0.2) is 27.7 Å². The largest absolute Gasteiger partial charge is 0.490 e. The number of alkyl halides is 3. The zero-order valence-corrected chi connectivity index (χ0v) is 28.3.